The van der Waals surface area contributed by atoms with E-state index in [-0.39, 0.29) is 10.8 Å². The van der Waals surface area contributed by atoms with Gasteiger partial charge in [0.2, 0.25) is 0 Å². The van der Waals surface area contributed by atoms with E-state index in [0.717, 1.165) is 29.3 Å². The summed E-state index contributed by atoms with van der Waals surface area (Å²) in [5.74, 6) is 2.63. The smallest absolute Gasteiger partial charge is 0.271 e. The molecule has 0 amide bonds. The van der Waals surface area contributed by atoms with Crippen molar-refractivity contribution in [3.05, 3.63) is 33.6 Å². The van der Waals surface area contributed by atoms with Gasteiger partial charge in [0, 0.05) is 12.1 Å². The minimum absolute atomic E-state index is 0.101. The second-order valence-electron chi connectivity index (χ2n) is 7.06. The number of aromatic amines is 1. The Morgan fingerprint density at radius 1 is 1.07 bits per heavy atom. The van der Waals surface area contributed by atoms with Gasteiger partial charge in [-0.1, -0.05) is 24.6 Å². The number of thioether (sulfide) groups is 1. The van der Waals surface area contributed by atoms with E-state index in [2.05, 4.69) is 5.10 Å². The quantitative estimate of drug-likeness (QED) is 0.809. The van der Waals surface area contributed by atoms with Crippen LogP contribution in [0.1, 0.15) is 55.0 Å². The van der Waals surface area contributed by atoms with Crippen LogP contribution in [0, 0.1) is 0 Å². The second kappa shape index (κ2) is 7.58. The van der Waals surface area contributed by atoms with Crippen LogP contribution in [0.5, 0.6) is 17.2 Å². The Morgan fingerprint density at radius 2 is 1.71 bits per heavy atom. The third-order valence-corrected chi connectivity index (χ3v) is 6.59. The summed E-state index contributed by atoms with van der Waals surface area (Å²) in [4.78, 5) is 17.7. The summed E-state index contributed by atoms with van der Waals surface area (Å²) in [7, 11) is 4.83. The van der Waals surface area contributed by atoms with Crippen LogP contribution in [0.2, 0.25) is 0 Å². The van der Waals surface area contributed by atoms with Crippen molar-refractivity contribution in [3.8, 4) is 17.2 Å². The fourth-order valence-corrected chi connectivity index (χ4v) is 5.29. The molecule has 0 spiro atoms. The lowest BCUT2D eigenvalue weighted by molar-refractivity contribution is 0.369. The Labute approximate surface area is 168 Å². The standard InChI is InChI=1S/C20H25N3O4S/c1-11-21-19-17(20(24)22-23(19)12-7-5-6-8-12)18(28-11)16-14(26-3)9-13(25-2)10-15(16)27-4/h9-10,12,18H,5-8H2,1-4H3,(H,22,24)/t18-/m1/s1. The topological polar surface area (TPSA) is 77.8 Å². The summed E-state index contributed by atoms with van der Waals surface area (Å²) in [6, 6.07) is 3.94. The van der Waals surface area contributed by atoms with Gasteiger partial charge in [-0.15, -0.1) is 0 Å². The van der Waals surface area contributed by atoms with E-state index in [9.17, 15) is 4.79 Å². The minimum atomic E-state index is -0.269. The molecule has 8 heteroatoms. The van der Waals surface area contributed by atoms with Crippen molar-refractivity contribution in [2.45, 2.75) is 43.9 Å². The second-order valence-corrected chi connectivity index (χ2v) is 8.36. The molecular weight excluding hydrogens is 378 g/mol. The Balaban J connectivity index is 1.90. The highest BCUT2D eigenvalue weighted by molar-refractivity contribution is 8.14. The average molecular weight is 404 g/mol. The zero-order valence-electron chi connectivity index (χ0n) is 16.6. The molecule has 1 aliphatic carbocycles. The van der Waals surface area contributed by atoms with Crippen molar-refractivity contribution in [2.24, 2.45) is 4.99 Å². The first-order valence-electron chi connectivity index (χ1n) is 9.43. The van der Waals surface area contributed by atoms with E-state index in [1.807, 2.05) is 23.7 Å². The van der Waals surface area contributed by atoms with Gasteiger partial charge in [0.25, 0.3) is 5.56 Å². The summed E-state index contributed by atoms with van der Waals surface area (Å²) in [6.45, 7) is 1.97. The fourth-order valence-electron chi connectivity index (χ4n) is 4.13. The van der Waals surface area contributed by atoms with Gasteiger partial charge in [-0.05, 0) is 19.8 Å². The summed E-state index contributed by atoms with van der Waals surface area (Å²) in [5, 5.41) is 3.69. The van der Waals surface area contributed by atoms with Crippen LogP contribution in [0.3, 0.4) is 0 Å². The first kappa shape index (κ1) is 19.0. The van der Waals surface area contributed by atoms with Gasteiger partial charge < -0.3 is 14.2 Å². The number of aromatic nitrogens is 2. The highest BCUT2D eigenvalue weighted by Crippen LogP contribution is 2.51. The van der Waals surface area contributed by atoms with Crippen molar-refractivity contribution in [3.63, 3.8) is 0 Å². The van der Waals surface area contributed by atoms with Gasteiger partial charge in [0.1, 0.15) is 17.2 Å². The van der Waals surface area contributed by atoms with Gasteiger partial charge in [-0.2, -0.15) is 0 Å². The van der Waals surface area contributed by atoms with Crippen molar-refractivity contribution in [1.82, 2.24) is 9.78 Å². The predicted molar refractivity (Wildman–Crippen MR) is 111 cm³/mol. The molecule has 2 aliphatic rings. The summed E-state index contributed by atoms with van der Waals surface area (Å²) in [5.41, 5.74) is 1.38. The molecule has 1 aromatic carbocycles. The molecule has 1 aliphatic heterocycles. The summed E-state index contributed by atoms with van der Waals surface area (Å²) in [6.07, 6.45) is 4.50. The molecule has 7 nitrogen and oxygen atoms in total. The van der Waals surface area contributed by atoms with E-state index in [1.54, 1.807) is 33.1 Å². The fraction of sp³-hybridized carbons (Fsp3) is 0.500. The Bertz CT molecular complexity index is 947. The summed E-state index contributed by atoms with van der Waals surface area (Å²) >= 11 is 1.54. The van der Waals surface area contributed by atoms with E-state index < -0.39 is 0 Å². The van der Waals surface area contributed by atoms with Crippen LogP contribution in [-0.2, 0) is 0 Å². The lowest BCUT2D eigenvalue weighted by Crippen LogP contribution is -2.15. The molecule has 1 aromatic heterocycles. The third kappa shape index (κ3) is 3.09. The molecular formula is C20H25N3O4S. The number of aliphatic imine (C=N–C) groups is 1. The average Bonchev–Trinajstić information content (AvgIpc) is 3.34. The maximum atomic E-state index is 13.0. The molecule has 2 heterocycles. The molecule has 1 saturated carbocycles. The monoisotopic (exact) mass is 403 g/mol. The molecule has 4 rings (SSSR count). The van der Waals surface area contributed by atoms with E-state index in [1.165, 1.54) is 12.8 Å². The number of methoxy groups -OCH3 is 3. The molecule has 2 aromatic rings. The van der Waals surface area contributed by atoms with E-state index in [0.29, 0.717) is 28.9 Å². The van der Waals surface area contributed by atoms with Gasteiger partial charge in [-0.25, -0.2) is 4.99 Å². The maximum absolute atomic E-state index is 13.0. The van der Waals surface area contributed by atoms with E-state index >= 15 is 0 Å². The van der Waals surface area contributed by atoms with Crippen LogP contribution in [0.4, 0.5) is 5.82 Å². The number of fused-ring (bicyclic) bond motifs is 1. The maximum Gasteiger partial charge on any atom is 0.271 e. The molecule has 0 unspecified atom stereocenters. The molecule has 1 atom stereocenters. The molecule has 0 radical (unpaired) electrons. The molecule has 1 N–H and O–H groups in total. The Hall–Kier alpha value is -2.35. The number of nitrogens with zero attached hydrogens (tertiary/aromatic N) is 2. The molecule has 1 fully saturated rings. The minimum Gasteiger partial charge on any atom is -0.496 e. The lowest BCUT2D eigenvalue weighted by Gasteiger charge is -2.25. The number of hydrogen-bond acceptors (Lipinski definition) is 6. The largest absolute Gasteiger partial charge is 0.496 e. The molecule has 0 bridgehead atoms. The number of H-pyrrole nitrogens is 1. The third-order valence-electron chi connectivity index (χ3n) is 5.45. The summed E-state index contributed by atoms with van der Waals surface area (Å²) < 4.78 is 18.6. The normalized spacial score (nSPS) is 19.3. The highest BCUT2D eigenvalue weighted by Gasteiger charge is 2.36. The molecule has 0 saturated heterocycles. The van der Waals surface area contributed by atoms with Crippen LogP contribution < -0.4 is 19.8 Å². The molecule has 28 heavy (non-hydrogen) atoms. The van der Waals surface area contributed by atoms with Crippen molar-refractivity contribution < 1.29 is 14.2 Å². The first-order valence-corrected chi connectivity index (χ1v) is 10.3. The SMILES string of the molecule is COc1cc(OC)c([C@H]2SC(C)=Nc3c2c(=O)[nH]n3C2CCCC2)c(OC)c1. The van der Waals surface area contributed by atoms with Crippen LogP contribution in [0.15, 0.2) is 21.9 Å². The van der Waals surface area contributed by atoms with Crippen LogP contribution in [-0.4, -0.2) is 36.2 Å². The van der Waals surface area contributed by atoms with Gasteiger partial charge in [-0.3, -0.25) is 14.6 Å². The zero-order valence-corrected chi connectivity index (χ0v) is 17.4. The predicted octanol–water partition coefficient (Wildman–Crippen LogP) is 4.20. The van der Waals surface area contributed by atoms with Crippen LogP contribution in [0.25, 0.3) is 0 Å². The number of hydrogen-bond donors (Lipinski definition) is 1. The van der Waals surface area contributed by atoms with Crippen LogP contribution >= 0.6 is 11.8 Å². The number of nitrogens with one attached hydrogen (secondary N) is 1. The number of benzene rings is 1. The first-order chi connectivity index (χ1) is 13.6. The Kier molecular flexibility index (Phi) is 5.14. The van der Waals surface area contributed by atoms with Gasteiger partial charge in [0.15, 0.2) is 5.82 Å². The van der Waals surface area contributed by atoms with E-state index in [4.69, 9.17) is 19.2 Å². The van der Waals surface area contributed by atoms with Crippen molar-refractivity contribution in [1.29, 1.82) is 0 Å². The van der Waals surface area contributed by atoms with Crippen molar-refractivity contribution >= 4 is 22.6 Å². The van der Waals surface area contributed by atoms with Gasteiger partial charge >= 0.3 is 0 Å². The molecule has 150 valence electrons. The zero-order chi connectivity index (χ0) is 19.8. The van der Waals surface area contributed by atoms with Crippen molar-refractivity contribution in [2.75, 3.05) is 21.3 Å². The lowest BCUT2D eigenvalue weighted by atomic mass is 10.0. The highest BCUT2D eigenvalue weighted by atomic mass is 32.2. The number of rotatable bonds is 5. The van der Waals surface area contributed by atoms with Gasteiger partial charge in [0.05, 0.1) is 48.8 Å². The Morgan fingerprint density at radius 3 is 2.29 bits per heavy atom. The number of ether oxygens (including phenoxy) is 3.